The van der Waals surface area contributed by atoms with Crippen LogP contribution in [0.4, 0.5) is 0 Å². The molecule has 0 fully saturated rings. The van der Waals surface area contributed by atoms with Gasteiger partial charge in [0.25, 0.3) is 0 Å². The Hall–Kier alpha value is -2.36. The summed E-state index contributed by atoms with van der Waals surface area (Å²) in [6.45, 7) is 8.10. The predicted molar refractivity (Wildman–Crippen MR) is 79.2 cm³/mol. The molecule has 0 saturated carbocycles. The summed E-state index contributed by atoms with van der Waals surface area (Å²) in [4.78, 5) is 10.6. The first-order valence-corrected chi connectivity index (χ1v) is 6.45. The summed E-state index contributed by atoms with van der Waals surface area (Å²) in [6.07, 6.45) is 2.73. The van der Waals surface area contributed by atoms with Gasteiger partial charge in [-0.2, -0.15) is 5.10 Å². The van der Waals surface area contributed by atoms with Gasteiger partial charge in [-0.3, -0.25) is 0 Å². The van der Waals surface area contributed by atoms with Gasteiger partial charge in [-0.15, -0.1) is 0 Å². The Kier molecular flexibility index (Phi) is 3.74. The van der Waals surface area contributed by atoms with Crippen molar-refractivity contribution in [1.29, 1.82) is 0 Å². The highest BCUT2D eigenvalue weighted by atomic mass is 16.4. The summed E-state index contributed by atoms with van der Waals surface area (Å²) >= 11 is 0. The summed E-state index contributed by atoms with van der Waals surface area (Å²) in [5.41, 5.74) is 6.21. The second-order valence-corrected chi connectivity index (χ2v) is 4.93. The molecule has 2 aromatic rings. The molecular formula is C16H18N2O2. The van der Waals surface area contributed by atoms with Gasteiger partial charge in [-0.25, -0.2) is 9.48 Å². The number of aryl methyl sites for hydroxylation is 2. The fourth-order valence-electron chi connectivity index (χ4n) is 2.08. The Morgan fingerprint density at radius 1 is 1.25 bits per heavy atom. The summed E-state index contributed by atoms with van der Waals surface area (Å²) in [7, 11) is 0. The van der Waals surface area contributed by atoms with Gasteiger partial charge in [0, 0.05) is 11.8 Å². The van der Waals surface area contributed by atoms with Crippen LogP contribution in [0, 0.1) is 27.7 Å². The van der Waals surface area contributed by atoms with Crippen LogP contribution in [0.3, 0.4) is 0 Å². The van der Waals surface area contributed by atoms with Crippen LogP contribution >= 0.6 is 0 Å². The number of carboxylic acids is 1. The number of benzene rings is 1. The van der Waals surface area contributed by atoms with E-state index in [-0.39, 0.29) is 0 Å². The Morgan fingerprint density at radius 3 is 2.50 bits per heavy atom. The number of aromatic nitrogens is 2. The quantitative estimate of drug-likeness (QED) is 0.871. The first kappa shape index (κ1) is 14.1. The van der Waals surface area contributed by atoms with Crippen molar-refractivity contribution < 1.29 is 9.90 Å². The van der Waals surface area contributed by atoms with Crippen LogP contribution in [0.2, 0.25) is 0 Å². The lowest BCUT2D eigenvalue weighted by atomic mass is 10.1. The molecule has 104 valence electrons. The number of hydrogen-bond donors (Lipinski definition) is 1. The van der Waals surface area contributed by atoms with Gasteiger partial charge in [-0.05, 0) is 56.5 Å². The van der Waals surface area contributed by atoms with Crippen LogP contribution in [-0.4, -0.2) is 20.9 Å². The van der Waals surface area contributed by atoms with E-state index in [4.69, 9.17) is 5.11 Å². The second-order valence-electron chi connectivity index (χ2n) is 4.93. The van der Waals surface area contributed by atoms with E-state index in [1.165, 1.54) is 5.56 Å². The third-order valence-corrected chi connectivity index (χ3v) is 3.53. The molecule has 1 N–H and O–H groups in total. The van der Waals surface area contributed by atoms with Crippen LogP contribution in [0.5, 0.6) is 0 Å². The van der Waals surface area contributed by atoms with E-state index in [1.807, 2.05) is 43.7 Å². The van der Waals surface area contributed by atoms with E-state index in [0.29, 0.717) is 0 Å². The molecule has 1 aromatic carbocycles. The van der Waals surface area contributed by atoms with Crippen molar-refractivity contribution in [3.8, 4) is 5.69 Å². The maximum atomic E-state index is 10.6. The van der Waals surface area contributed by atoms with Crippen LogP contribution in [0.15, 0.2) is 24.3 Å². The van der Waals surface area contributed by atoms with E-state index >= 15 is 0 Å². The topological polar surface area (TPSA) is 55.1 Å². The number of aliphatic carboxylic acids is 1. The van der Waals surface area contributed by atoms with Crippen molar-refractivity contribution in [2.45, 2.75) is 27.7 Å². The van der Waals surface area contributed by atoms with Crippen molar-refractivity contribution in [1.82, 2.24) is 9.78 Å². The van der Waals surface area contributed by atoms with E-state index in [9.17, 15) is 4.79 Å². The average Bonchev–Trinajstić information content (AvgIpc) is 2.65. The fraction of sp³-hybridized carbons (Fsp3) is 0.250. The van der Waals surface area contributed by atoms with Gasteiger partial charge in [0.2, 0.25) is 0 Å². The molecule has 0 saturated heterocycles. The van der Waals surface area contributed by atoms with Crippen molar-refractivity contribution in [3.05, 3.63) is 52.4 Å². The largest absolute Gasteiger partial charge is 0.478 e. The Bertz CT molecular complexity index is 697. The highest BCUT2D eigenvalue weighted by molar-refractivity contribution is 5.85. The third-order valence-electron chi connectivity index (χ3n) is 3.53. The van der Waals surface area contributed by atoms with E-state index in [0.717, 1.165) is 34.3 Å². The molecule has 20 heavy (non-hydrogen) atoms. The zero-order chi connectivity index (χ0) is 14.9. The molecule has 0 radical (unpaired) electrons. The Labute approximate surface area is 118 Å². The van der Waals surface area contributed by atoms with E-state index in [1.54, 1.807) is 6.08 Å². The molecule has 0 bridgehead atoms. The van der Waals surface area contributed by atoms with Crippen molar-refractivity contribution in [3.63, 3.8) is 0 Å². The normalized spacial score (nSPS) is 11.2. The maximum Gasteiger partial charge on any atom is 0.328 e. The van der Waals surface area contributed by atoms with E-state index in [2.05, 4.69) is 12.0 Å². The summed E-state index contributed by atoms with van der Waals surface area (Å²) in [5.74, 6) is -0.950. The highest BCUT2D eigenvalue weighted by Gasteiger charge is 2.11. The average molecular weight is 270 g/mol. The zero-order valence-electron chi connectivity index (χ0n) is 12.1. The molecule has 1 heterocycles. The number of rotatable bonds is 3. The fourth-order valence-corrected chi connectivity index (χ4v) is 2.08. The van der Waals surface area contributed by atoms with E-state index < -0.39 is 5.97 Å². The maximum absolute atomic E-state index is 10.6. The highest BCUT2D eigenvalue weighted by Crippen LogP contribution is 2.21. The first-order valence-electron chi connectivity index (χ1n) is 6.45. The minimum absolute atomic E-state index is 0.846. The number of hydrogen-bond acceptors (Lipinski definition) is 2. The standard InChI is InChI=1S/C16H18N2O2/c1-10-5-6-14(7-8-16(19)20)9-15(10)18-13(4)11(2)12(3)17-18/h5-9H,1-4H3,(H,19,20)/b8-7+. The molecule has 0 spiro atoms. The molecule has 0 unspecified atom stereocenters. The van der Waals surface area contributed by atoms with Gasteiger partial charge in [0.15, 0.2) is 0 Å². The molecule has 4 nitrogen and oxygen atoms in total. The smallest absolute Gasteiger partial charge is 0.328 e. The predicted octanol–water partition coefficient (Wildman–Crippen LogP) is 3.20. The number of carboxylic acid groups (broad SMARTS) is 1. The SMILES string of the molecule is Cc1ccc(/C=C/C(=O)O)cc1-n1nc(C)c(C)c1C. The molecule has 2 rings (SSSR count). The Balaban J connectivity index is 2.53. The molecule has 1 aromatic heterocycles. The van der Waals surface area contributed by atoms with Crippen molar-refractivity contribution >= 4 is 12.0 Å². The van der Waals surface area contributed by atoms with Gasteiger partial charge in [-0.1, -0.05) is 12.1 Å². The van der Waals surface area contributed by atoms with Gasteiger partial charge >= 0.3 is 5.97 Å². The number of nitrogens with zero attached hydrogens (tertiary/aromatic N) is 2. The first-order chi connectivity index (χ1) is 9.40. The molecule has 0 aliphatic heterocycles. The van der Waals surface area contributed by atoms with Crippen molar-refractivity contribution in [2.75, 3.05) is 0 Å². The lowest BCUT2D eigenvalue weighted by Crippen LogP contribution is -2.02. The molecular weight excluding hydrogens is 252 g/mol. The van der Waals surface area contributed by atoms with Crippen molar-refractivity contribution in [2.24, 2.45) is 0 Å². The zero-order valence-corrected chi connectivity index (χ0v) is 12.1. The van der Waals surface area contributed by atoms with Crippen LogP contribution < -0.4 is 0 Å². The third kappa shape index (κ3) is 2.64. The van der Waals surface area contributed by atoms with Gasteiger partial charge in [0.05, 0.1) is 11.4 Å². The molecule has 0 aliphatic rings. The molecule has 0 atom stereocenters. The molecule has 0 aliphatic carbocycles. The summed E-state index contributed by atoms with van der Waals surface area (Å²) < 4.78 is 1.91. The lowest BCUT2D eigenvalue weighted by molar-refractivity contribution is -0.131. The molecule has 4 heteroatoms. The summed E-state index contributed by atoms with van der Waals surface area (Å²) in [5, 5.41) is 13.2. The monoisotopic (exact) mass is 270 g/mol. The van der Waals surface area contributed by atoms with Crippen LogP contribution in [0.25, 0.3) is 11.8 Å². The van der Waals surface area contributed by atoms with Gasteiger partial charge < -0.3 is 5.11 Å². The minimum atomic E-state index is -0.950. The summed E-state index contributed by atoms with van der Waals surface area (Å²) in [6, 6.07) is 5.83. The lowest BCUT2D eigenvalue weighted by Gasteiger charge is -2.09. The Morgan fingerprint density at radius 2 is 1.95 bits per heavy atom. The minimum Gasteiger partial charge on any atom is -0.478 e. The van der Waals surface area contributed by atoms with Crippen LogP contribution in [0.1, 0.15) is 28.1 Å². The molecule has 0 amide bonds. The number of carbonyl (C=O) groups is 1. The second kappa shape index (κ2) is 5.33. The van der Waals surface area contributed by atoms with Crippen LogP contribution in [-0.2, 0) is 4.79 Å². The van der Waals surface area contributed by atoms with Gasteiger partial charge in [0.1, 0.15) is 0 Å².